The number of benzene rings is 2. The summed E-state index contributed by atoms with van der Waals surface area (Å²) < 4.78 is 11.1. The van der Waals surface area contributed by atoms with Crippen LogP contribution in [0.5, 0.6) is 5.75 Å². The average molecular weight is 337 g/mol. The normalized spacial score (nSPS) is 10.1. The van der Waals surface area contributed by atoms with Crippen LogP contribution < -0.4 is 10.1 Å². The van der Waals surface area contributed by atoms with Gasteiger partial charge in [-0.2, -0.15) is 0 Å². The standard InChI is InChI=1S/C20H21NO2.C2H6/c1-4-11-21-14(2)20-13-17-12-16(7-10-19(17)23-20)15-5-8-18(22-3)9-6-15;1-2/h5-10,12-13,21H,2,4,11H2,1,3H3;1-2H3. The van der Waals surface area contributed by atoms with E-state index < -0.39 is 0 Å². The van der Waals surface area contributed by atoms with Crippen molar-refractivity contribution in [3.8, 4) is 16.9 Å². The Morgan fingerprint density at radius 3 is 2.36 bits per heavy atom. The van der Waals surface area contributed by atoms with Gasteiger partial charge >= 0.3 is 0 Å². The van der Waals surface area contributed by atoms with Crippen molar-refractivity contribution in [3.63, 3.8) is 0 Å². The Morgan fingerprint density at radius 1 is 1.04 bits per heavy atom. The number of nitrogens with one attached hydrogen (secondary N) is 1. The highest BCUT2D eigenvalue weighted by atomic mass is 16.5. The van der Waals surface area contributed by atoms with Gasteiger partial charge in [-0.1, -0.05) is 45.5 Å². The van der Waals surface area contributed by atoms with Crippen LogP contribution in [0.4, 0.5) is 0 Å². The Kier molecular flexibility index (Phi) is 6.70. The molecule has 1 aromatic heterocycles. The average Bonchev–Trinajstić information content (AvgIpc) is 3.11. The first-order chi connectivity index (χ1) is 12.2. The van der Waals surface area contributed by atoms with E-state index in [1.807, 2.05) is 38.1 Å². The Balaban J connectivity index is 0.00000109. The molecule has 0 saturated carbocycles. The number of furan rings is 1. The fraction of sp³-hybridized carbons (Fsp3) is 0.273. The lowest BCUT2D eigenvalue weighted by Gasteiger charge is -2.04. The van der Waals surface area contributed by atoms with E-state index in [0.29, 0.717) is 0 Å². The zero-order chi connectivity index (χ0) is 18.2. The van der Waals surface area contributed by atoms with Gasteiger partial charge in [-0.3, -0.25) is 0 Å². The number of methoxy groups -OCH3 is 1. The minimum atomic E-state index is 0.792. The summed E-state index contributed by atoms with van der Waals surface area (Å²) in [5.74, 6) is 1.65. The molecular weight excluding hydrogens is 310 g/mol. The minimum absolute atomic E-state index is 0.792. The highest BCUT2D eigenvalue weighted by molar-refractivity contribution is 5.86. The van der Waals surface area contributed by atoms with Crippen LogP contribution in [0.2, 0.25) is 0 Å². The molecule has 3 aromatic rings. The van der Waals surface area contributed by atoms with E-state index >= 15 is 0 Å². The third-order valence-corrected chi connectivity index (χ3v) is 3.83. The van der Waals surface area contributed by atoms with E-state index in [4.69, 9.17) is 9.15 Å². The molecule has 25 heavy (non-hydrogen) atoms. The van der Waals surface area contributed by atoms with Crippen molar-refractivity contribution in [1.29, 1.82) is 0 Å². The van der Waals surface area contributed by atoms with Gasteiger partial charge in [0.15, 0.2) is 5.76 Å². The van der Waals surface area contributed by atoms with Crippen LogP contribution in [0.3, 0.4) is 0 Å². The second kappa shape index (κ2) is 8.97. The van der Waals surface area contributed by atoms with Crippen molar-refractivity contribution in [2.24, 2.45) is 0 Å². The summed E-state index contributed by atoms with van der Waals surface area (Å²) in [5, 5.41) is 4.34. The fourth-order valence-electron chi connectivity index (χ4n) is 2.52. The van der Waals surface area contributed by atoms with Crippen molar-refractivity contribution in [2.75, 3.05) is 13.7 Å². The topological polar surface area (TPSA) is 34.4 Å². The number of hydrogen-bond donors (Lipinski definition) is 1. The van der Waals surface area contributed by atoms with E-state index in [-0.39, 0.29) is 0 Å². The molecule has 0 amide bonds. The predicted octanol–water partition coefficient (Wildman–Crippen LogP) is 6.10. The maximum atomic E-state index is 5.87. The zero-order valence-electron chi connectivity index (χ0n) is 15.6. The van der Waals surface area contributed by atoms with E-state index in [9.17, 15) is 0 Å². The molecule has 2 aromatic carbocycles. The summed E-state index contributed by atoms with van der Waals surface area (Å²) in [5.41, 5.74) is 4.00. The van der Waals surface area contributed by atoms with E-state index in [1.54, 1.807) is 7.11 Å². The third-order valence-electron chi connectivity index (χ3n) is 3.83. The molecule has 0 aliphatic carbocycles. The first-order valence-electron chi connectivity index (χ1n) is 8.82. The molecule has 1 N–H and O–H groups in total. The number of ether oxygens (including phenoxy) is 1. The van der Waals surface area contributed by atoms with Crippen molar-refractivity contribution >= 4 is 16.7 Å². The lowest BCUT2D eigenvalue weighted by molar-refractivity contribution is 0.415. The number of fused-ring (bicyclic) bond motifs is 1. The molecule has 0 spiro atoms. The molecule has 0 atom stereocenters. The molecule has 1 heterocycles. The second-order valence-corrected chi connectivity index (χ2v) is 5.50. The third kappa shape index (κ3) is 4.44. The van der Waals surface area contributed by atoms with Crippen LogP contribution >= 0.6 is 0 Å². The van der Waals surface area contributed by atoms with Gasteiger partial charge in [0.1, 0.15) is 11.3 Å². The molecule has 3 rings (SSSR count). The lowest BCUT2D eigenvalue weighted by Crippen LogP contribution is -2.11. The number of hydrogen-bond acceptors (Lipinski definition) is 3. The molecule has 0 saturated heterocycles. The van der Waals surface area contributed by atoms with Crippen molar-refractivity contribution in [3.05, 3.63) is 60.9 Å². The van der Waals surface area contributed by atoms with Gasteiger partial charge < -0.3 is 14.5 Å². The minimum Gasteiger partial charge on any atom is -0.497 e. The first-order valence-corrected chi connectivity index (χ1v) is 8.82. The van der Waals surface area contributed by atoms with Gasteiger partial charge in [0.2, 0.25) is 0 Å². The van der Waals surface area contributed by atoms with Gasteiger partial charge in [-0.25, -0.2) is 0 Å². The molecule has 0 bridgehead atoms. The highest BCUT2D eigenvalue weighted by Crippen LogP contribution is 2.29. The van der Waals surface area contributed by atoms with Crippen molar-refractivity contribution < 1.29 is 9.15 Å². The summed E-state index contributed by atoms with van der Waals surface area (Å²) in [6.45, 7) is 11.1. The summed E-state index contributed by atoms with van der Waals surface area (Å²) in [4.78, 5) is 0. The van der Waals surface area contributed by atoms with E-state index in [1.165, 1.54) is 0 Å². The lowest BCUT2D eigenvalue weighted by atomic mass is 10.0. The van der Waals surface area contributed by atoms with Crippen molar-refractivity contribution in [2.45, 2.75) is 27.2 Å². The monoisotopic (exact) mass is 337 g/mol. The molecule has 0 aliphatic heterocycles. The highest BCUT2D eigenvalue weighted by Gasteiger charge is 2.08. The van der Waals surface area contributed by atoms with Crippen LogP contribution in [-0.4, -0.2) is 13.7 Å². The molecular formula is C22H27NO2. The van der Waals surface area contributed by atoms with Crippen LogP contribution in [0.1, 0.15) is 33.0 Å². The summed E-state index contributed by atoms with van der Waals surface area (Å²) in [6.07, 6.45) is 1.06. The Morgan fingerprint density at radius 2 is 1.72 bits per heavy atom. The molecule has 0 radical (unpaired) electrons. The Bertz CT molecular complexity index is 816. The molecule has 3 nitrogen and oxygen atoms in total. The van der Waals surface area contributed by atoms with Gasteiger partial charge in [-0.15, -0.1) is 0 Å². The van der Waals surface area contributed by atoms with Gasteiger partial charge in [-0.05, 0) is 47.9 Å². The molecule has 0 unspecified atom stereocenters. The van der Waals surface area contributed by atoms with Crippen LogP contribution in [-0.2, 0) is 0 Å². The van der Waals surface area contributed by atoms with Crippen LogP contribution in [0.25, 0.3) is 27.8 Å². The summed E-state index contributed by atoms with van der Waals surface area (Å²) in [7, 11) is 1.67. The van der Waals surface area contributed by atoms with Crippen LogP contribution in [0, 0.1) is 0 Å². The predicted molar refractivity (Wildman–Crippen MR) is 107 cm³/mol. The van der Waals surface area contributed by atoms with E-state index in [0.717, 1.165) is 52.3 Å². The molecule has 0 fully saturated rings. The smallest absolute Gasteiger partial charge is 0.150 e. The molecule has 0 aliphatic rings. The second-order valence-electron chi connectivity index (χ2n) is 5.50. The maximum absolute atomic E-state index is 5.87. The SMILES string of the molecule is C=C(NCCC)c1cc2cc(-c3ccc(OC)cc3)ccc2o1.CC. The number of rotatable bonds is 6. The largest absolute Gasteiger partial charge is 0.497 e. The quantitative estimate of drug-likeness (QED) is 0.589. The van der Waals surface area contributed by atoms with E-state index in [2.05, 4.69) is 43.1 Å². The van der Waals surface area contributed by atoms with Crippen molar-refractivity contribution in [1.82, 2.24) is 5.32 Å². The fourth-order valence-corrected chi connectivity index (χ4v) is 2.52. The summed E-state index contributed by atoms with van der Waals surface area (Å²) >= 11 is 0. The summed E-state index contributed by atoms with van der Waals surface area (Å²) in [6, 6.07) is 16.3. The molecule has 132 valence electrons. The first kappa shape index (κ1) is 18.7. The molecule has 3 heteroatoms. The van der Waals surface area contributed by atoms with Gasteiger partial charge in [0.25, 0.3) is 0 Å². The zero-order valence-corrected chi connectivity index (χ0v) is 15.6. The van der Waals surface area contributed by atoms with Crippen LogP contribution in [0.15, 0.2) is 59.5 Å². The maximum Gasteiger partial charge on any atom is 0.150 e. The Hall–Kier alpha value is -2.68. The van der Waals surface area contributed by atoms with Gasteiger partial charge in [0, 0.05) is 11.9 Å². The van der Waals surface area contributed by atoms with Gasteiger partial charge in [0.05, 0.1) is 12.8 Å². The Labute approximate surface area is 150 Å².